The second-order valence-corrected chi connectivity index (χ2v) is 7.15. The first-order valence-corrected chi connectivity index (χ1v) is 7.48. The molecular formula is C15H23N3O3. The van der Waals surface area contributed by atoms with Gasteiger partial charge in [-0.3, -0.25) is 4.68 Å². The van der Waals surface area contributed by atoms with Crippen LogP contribution in [-0.4, -0.2) is 44.6 Å². The number of amides is 1. The van der Waals surface area contributed by atoms with E-state index >= 15 is 0 Å². The van der Waals surface area contributed by atoms with Crippen LogP contribution in [0.25, 0.3) is 0 Å². The lowest BCUT2D eigenvalue weighted by atomic mass is 9.75. The van der Waals surface area contributed by atoms with Crippen molar-refractivity contribution in [1.29, 1.82) is 0 Å². The molecule has 1 atom stereocenters. The molecule has 21 heavy (non-hydrogen) atoms. The minimum Gasteiger partial charge on any atom is -0.444 e. The van der Waals surface area contributed by atoms with E-state index in [0.717, 1.165) is 25.1 Å². The summed E-state index contributed by atoms with van der Waals surface area (Å²) in [6.07, 6.45) is 2.53. The van der Waals surface area contributed by atoms with Crippen molar-refractivity contribution in [3.05, 3.63) is 18.0 Å². The minimum absolute atomic E-state index is 0.178. The smallest absolute Gasteiger partial charge is 0.410 e. The molecule has 6 nitrogen and oxygen atoms in total. The number of likely N-dealkylation sites (tertiary alicyclic amines) is 1. The summed E-state index contributed by atoms with van der Waals surface area (Å²) in [4.78, 5) is 13.8. The molecular weight excluding hydrogens is 270 g/mol. The molecule has 116 valence electrons. The molecule has 3 rings (SSSR count). The fourth-order valence-electron chi connectivity index (χ4n) is 3.30. The number of aromatic nitrogens is 2. The summed E-state index contributed by atoms with van der Waals surface area (Å²) in [7, 11) is 0. The van der Waals surface area contributed by atoms with E-state index in [0.29, 0.717) is 13.1 Å². The third kappa shape index (κ3) is 2.52. The Bertz CT molecular complexity index is 539. The number of piperidine rings is 1. The summed E-state index contributed by atoms with van der Waals surface area (Å²) in [6.45, 7) is 7.59. The zero-order valence-corrected chi connectivity index (χ0v) is 12.9. The fourth-order valence-corrected chi connectivity index (χ4v) is 3.30. The fraction of sp³-hybridized carbons (Fsp3) is 0.733. The second kappa shape index (κ2) is 4.73. The van der Waals surface area contributed by atoms with Gasteiger partial charge in [0.15, 0.2) is 0 Å². The van der Waals surface area contributed by atoms with Crippen molar-refractivity contribution in [3.8, 4) is 0 Å². The first-order chi connectivity index (χ1) is 9.81. The highest BCUT2D eigenvalue weighted by Crippen LogP contribution is 2.48. The van der Waals surface area contributed by atoms with Crippen LogP contribution < -0.4 is 0 Å². The van der Waals surface area contributed by atoms with Gasteiger partial charge in [-0.05, 0) is 39.7 Å². The van der Waals surface area contributed by atoms with Crippen LogP contribution >= 0.6 is 0 Å². The number of hydrogen-bond donors (Lipinski definition) is 1. The van der Waals surface area contributed by atoms with Crippen LogP contribution in [0.2, 0.25) is 0 Å². The standard InChI is InChI=1S/C15H23N3O3/c1-14(2,3)21-13(20)17-8-5-15(6-9-17)10-18-11(12(15)19)4-7-16-18/h4,7,12,19H,5-6,8-10H2,1-3H3. The molecule has 6 heteroatoms. The third-order valence-electron chi connectivity index (χ3n) is 4.49. The number of aliphatic hydroxyl groups excluding tert-OH is 1. The molecule has 0 aromatic carbocycles. The summed E-state index contributed by atoms with van der Waals surface area (Å²) >= 11 is 0. The zero-order chi connectivity index (χ0) is 15.3. The van der Waals surface area contributed by atoms with Crippen LogP contribution in [0.5, 0.6) is 0 Å². The Morgan fingerprint density at radius 1 is 1.43 bits per heavy atom. The highest BCUT2D eigenvalue weighted by Gasteiger charge is 2.48. The molecule has 1 spiro atoms. The monoisotopic (exact) mass is 293 g/mol. The van der Waals surface area contributed by atoms with Gasteiger partial charge in [-0.2, -0.15) is 5.10 Å². The van der Waals surface area contributed by atoms with E-state index in [2.05, 4.69) is 5.10 Å². The summed E-state index contributed by atoms with van der Waals surface area (Å²) in [5, 5.41) is 14.8. The number of hydrogen-bond acceptors (Lipinski definition) is 4. The topological polar surface area (TPSA) is 67.6 Å². The van der Waals surface area contributed by atoms with Crippen LogP contribution in [0, 0.1) is 5.41 Å². The Labute approximate surface area is 124 Å². The highest BCUT2D eigenvalue weighted by molar-refractivity contribution is 5.68. The number of ether oxygens (including phenoxy) is 1. The van der Waals surface area contributed by atoms with Crippen molar-refractivity contribution >= 4 is 6.09 Å². The lowest BCUT2D eigenvalue weighted by Gasteiger charge is -2.40. The molecule has 1 saturated heterocycles. The predicted molar refractivity (Wildman–Crippen MR) is 76.7 cm³/mol. The molecule has 0 aliphatic carbocycles. The molecule has 1 aromatic heterocycles. The molecule has 0 radical (unpaired) electrons. The average Bonchev–Trinajstić information content (AvgIpc) is 2.92. The van der Waals surface area contributed by atoms with Gasteiger partial charge in [-0.15, -0.1) is 0 Å². The van der Waals surface area contributed by atoms with E-state index in [4.69, 9.17) is 4.74 Å². The van der Waals surface area contributed by atoms with E-state index in [9.17, 15) is 9.90 Å². The van der Waals surface area contributed by atoms with Gasteiger partial charge in [-0.25, -0.2) is 4.79 Å². The minimum atomic E-state index is -0.485. The first-order valence-electron chi connectivity index (χ1n) is 7.48. The maximum atomic E-state index is 12.1. The Hall–Kier alpha value is -1.56. The molecule has 0 saturated carbocycles. The third-order valence-corrected chi connectivity index (χ3v) is 4.49. The Morgan fingerprint density at radius 2 is 2.10 bits per heavy atom. The van der Waals surface area contributed by atoms with Gasteiger partial charge in [0.25, 0.3) is 0 Å². The van der Waals surface area contributed by atoms with Crippen molar-refractivity contribution < 1.29 is 14.6 Å². The summed E-state index contributed by atoms with van der Waals surface area (Å²) < 4.78 is 7.29. The van der Waals surface area contributed by atoms with Gasteiger partial charge in [0.2, 0.25) is 0 Å². The van der Waals surface area contributed by atoms with Gasteiger partial charge in [0, 0.05) is 31.2 Å². The van der Waals surface area contributed by atoms with E-state index in [-0.39, 0.29) is 11.5 Å². The summed E-state index contributed by atoms with van der Waals surface area (Å²) in [6, 6.07) is 1.87. The molecule has 1 unspecified atom stereocenters. The number of fused-ring (bicyclic) bond motifs is 1. The maximum Gasteiger partial charge on any atom is 0.410 e. The summed E-state index contributed by atoms with van der Waals surface area (Å²) in [5.74, 6) is 0. The van der Waals surface area contributed by atoms with Gasteiger partial charge in [-0.1, -0.05) is 0 Å². The average molecular weight is 293 g/mol. The van der Waals surface area contributed by atoms with Gasteiger partial charge in [0.05, 0.1) is 5.69 Å². The van der Waals surface area contributed by atoms with Crippen molar-refractivity contribution in [1.82, 2.24) is 14.7 Å². The molecule has 1 N–H and O–H groups in total. The SMILES string of the molecule is CC(C)(C)OC(=O)N1CCC2(CC1)Cn1nccc1C2O. The maximum absolute atomic E-state index is 12.1. The second-order valence-electron chi connectivity index (χ2n) is 7.15. The Morgan fingerprint density at radius 3 is 2.67 bits per heavy atom. The zero-order valence-electron chi connectivity index (χ0n) is 12.9. The largest absolute Gasteiger partial charge is 0.444 e. The number of nitrogens with zero attached hydrogens (tertiary/aromatic N) is 3. The van der Waals surface area contributed by atoms with E-state index in [1.165, 1.54) is 0 Å². The molecule has 2 aliphatic heterocycles. The molecule has 0 bridgehead atoms. The lowest BCUT2D eigenvalue weighted by Crippen LogP contribution is -2.46. The number of aliphatic hydroxyl groups is 1. The summed E-state index contributed by atoms with van der Waals surface area (Å²) in [5.41, 5.74) is 0.240. The number of rotatable bonds is 0. The first kappa shape index (κ1) is 14.4. The van der Waals surface area contributed by atoms with Crippen molar-refractivity contribution in [2.45, 2.75) is 51.9 Å². The van der Waals surface area contributed by atoms with Crippen LogP contribution in [0.3, 0.4) is 0 Å². The molecule has 1 aromatic rings. The van der Waals surface area contributed by atoms with Crippen LogP contribution in [0.4, 0.5) is 4.79 Å². The van der Waals surface area contributed by atoms with Gasteiger partial charge >= 0.3 is 6.09 Å². The van der Waals surface area contributed by atoms with E-state index in [1.807, 2.05) is 31.5 Å². The molecule has 3 heterocycles. The van der Waals surface area contributed by atoms with Gasteiger partial charge in [0.1, 0.15) is 11.7 Å². The van der Waals surface area contributed by atoms with E-state index in [1.54, 1.807) is 11.1 Å². The van der Waals surface area contributed by atoms with Crippen LogP contribution in [0.1, 0.15) is 45.4 Å². The normalized spacial score (nSPS) is 24.2. The quantitative estimate of drug-likeness (QED) is 0.794. The highest BCUT2D eigenvalue weighted by atomic mass is 16.6. The van der Waals surface area contributed by atoms with Crippen molar-refractivity contribution in [3.63, 3.8) is 0 Å². The molecule has 2 aliphatic rings. The predicted octanol–water partition coefficient (Wildman–Crippen LogP) is 1.95. The van der Waals surface area contributed by atoms with Crippen molar-refractivity contribution in [2.75, 3.05) is 13.1 Å². The Balaban J connectivity index is 1.64. The number of carbonyl (C=O) groups excluding carboxylic acids is 1. The van der Waals surface area contributed by atoms with E-state index < -0.39 is 11.7 Å². The molecule has 1 amide bonds. The Kier molecular flexibility index (Phi) is 3.24. The molecule has 1 fully saturated rings. The lowest BCUT2D eigenvalue weighted by molar-refractivity contribution is -0.0279. The van der Waals surface area contributed by atoms with Crippen LogP contribution in [0.15, 0.2) is 12.3 Å². The van der Waals surface area contributed by atoms with Gasteiger partial charge < -0.3 is 14.7 Å². The van der Waals surface area contributed by atoms with Crippen molar-refractivity contribution in [2.24, 2.45) is 5.41 Å². The number of carbonyl (C=O) groups is 1. The van der Waals surface area contributed by atoms with Crippen LogP contribution in [-0.2, 0) is 11.3 Å².